The molecule has 0 aliphatic carbocycles. The molecular weight excluding hydrogens is 278 g/mol. The van der Waals surface area contributed by atoms with Crippen LogP contribution in [0.1, 0.15) is 21.1 Å². The molecule has 20 heavy (non-hydrogen) atoms. The van der Waals surface area contributed by atoms with E-state index in [1.54, 1.807) is 17.4 Å². The third-order valence-electron chi connectivity index (χ3n) is 2.83. The van der Waals surface area contributed by atoms with Gasteiger partial charge in [0.25, 0.3) is 5.69 Å². The van der Waals surface area contributed by atoms with E-state index in [1.165, 1.54) is 12.1 Å². The highest BCUT2D eigenvalue weighted by Crippen LogP contribution is 2.24. The molecule has 1 aromatic heterocycles. The Hall–Kier alpha value is -2.28. The summed E-state index contributed by atoms with van der Waals surface area (Å²) in [6.45, 7) is 2.47. The SMILES string of the molecule is Cc1nc(CN(C)c2ccc([N+](=O)[O-])cc2C=O)cs1. The summed E-state index contributed by atoms with van der Waals surface area (Å²) >= 11 is 1.56. The molecule has 0 atom stereocenters. The summed E-state index contributed by atoms with van der Waals surface area (Å²) in [5.74, 6) is 0. The lowest BCUT2D eigenvalue weighted by Crippen LogP contribution is -2.18. The number of carbonyl (C=O) groups excluding carboxylic acids is 1. The van der Waals surface area contributed by atoms with E-state index in [4.69, 9.17) is 0 Å². The van der Waals surface area contributed by atoms with Gasteiger partial charge in [-0.3, -0.25) is 14.9 Å². The van der Waals surface area contributed by atoms with Crippen LogP contribution in [0.2, 0.25) is 0 Å². The molecule has 104 valence electrons. The van der Waals surface area contributed by atoms with E-state index in [0.29, 0.717) is 24.1 Å². The minimum Gasteiger partial charge on any atom is -0.368 e. The van der Waals surface area contributed by atoms with Gasteiger partial charge in [-0.05, 0) is 13.0 Å². The van der Waals surface area contributed by atoms with Crippen molar-refractivity contribution in [2.75, 3.05) is 11.9 Å². The summed E-state index contributed by atoms with van der Waals surface area (Å²) in [5.41, 5.74) is 1.77. The Morgan fingerprint density at radius 3 is 2.80 bits per heavy atom. The van der Waals surface area contributed by atoms with Crippen molar-refractivity contribution in [3.8, 4) is 0 Å². The summed E-state index contributed by atoms with van der Waals surface area (Å²) in [5, 5.41) is 13.6. The van der Waals surface area contributed by atoms with Gasteiger partial charge < -0.3 is 4.90 Å². The van der Waals surface area contributed by atoms with Crippen LogP contribution >= 0.6 is 11.3 Å². The van der Waals surface area contributed by atoms with Gasteiger partial charge in [-0.15, -0.1) is 11.3 Å². The lowest BCUT2D eigenvalue weighted by atomic mass is 10.1. The van der Waals surface area contributed by atoms with Crippen molar-refractivity contribution in [2.45, 2.75) is 13.5 Å². The third-order valence-corrected chi connectivity index (χ3v) is 3.65. The summed E-state index contributed by atoms with van der Waals surface area (Å²) in [6.07, 6.45) is 0.630. The molecule has 2 aromatic rings. The van der Waals surface area contributed by atoms with Crippen LogP contribution in [0, 0.1) is 17.0 Å². The first-order chi connectivity index (χ1) is 9.51. The molecule has 2 rings (SSSR count). The number of aldehydes is 1. The standard InChI is InChI=1S/C13H13N3O3S/c1-9-14-11(8-20-9)6-15(2)13-4-3-12(16(18)19)5-10(13)7-17/h3-5,7-8H,6H2,1-2H3. The fraction of sp³-hybridized carbons (Fsp3) is 0.231. The minimum atomic E-state index is -0.513. The molecule has 0 saturated carbocycles. The van der Waals surface area contributed by atoms with Gasteiger partial charge in [0.1, 0.15) is 0 Å². The zero-order valence-corrected chi connectivity index (χ0v) is 11.9. The first-order valence-electron chi connectivity index (χ1n) is 5.87. The molecule has 0 fully saturated rings. The van der Waals surface area contributed by atoms with E-state index < -0.39 is 4.92 Å². The zero-order chi connectivity index (χ0) is 14.7. The maximum absolute atomic E-state index is 11.1. The Morgan fingerprint density at radius 1 is 1.50 bits per heavy atom. The minimum absolute atomic E-state index is 0.0891. The second-order valence-corrected chi connectivity index (χ2v) is 5.39. The second-order valence-electron chi connectivity index (χ2n) is 4.33. The molecule has 0 unspecified atom stereocenters. The van der Waals surface area contributed by atoms with E-state index in [0.717, 1.165) is 10.7 Å². The number of nitro benzene ring substituents is 1. The van der Waals surface area contributed by atoms with Gasteiger partial charge in [0, 0.05) is 35.8 Å². The highest BCUT2D eigenvalue weighted by atomic mass is 32.1. The highest BCUT2D eigenvalue weighted by Gasteiger charge is 2.14. The fourth-order valence-electron chi connectivity index (χ4n) is 1.91. The van der Waals surface area contributed by atoms with Crippen LogP contribution in [-0.4, -0.2) is 23.2 Å². The molecule has 6 nitrogen and oxygen atoms in total. The Balaban J connectivity index is 2.27. The lowest BCUT2D eigenvalue weighted by Gasteiger charge is -2.19. The Kier molecular flexibility index (Phi) is 4.09. The molecule has 0 spiro atoms. The van der Waals surface area contributed by atoms with Crippen molar-refractivity contribution < 1.29 is 9.72 Å². The van der Waals surface area contributed by atoms with Crippen LogP contribution in [-0.2, 0) is 6.54 Å². The number of carbonyl (C=O) groups is 1. The maximum atomic E-state index is 11.1. The monoisotopic (exact) mass is 291 g/mol. The summed E-state index contributed by atoms with van der Waals surface area (Å²) in [4.78, 5) is 27.5. The number of benzene rings is 1. The Morgan fingerprint density at radius 2 is 2.25 bits per heavy atom. The fourth-order valence-corrected chi connectivity index (χ4v) is 2.51. The van der Waals surface area contributed by atoms with Gasteiger partial charge in [-0.25, -0.2) is 4.98 Å². The molecule has 0 amide bonds. The number of anilines is 1. The van der Waals surface area contributed by atoms with Gasteiger partial charge in [-0.1, -0.05) is 0 Å². The van der Waals surface area contributed by atoms with Crippen LogP contribution < -0.4 is 4.90 Å². The predicted molar refractivity (Wildman–Crippen MR) is 77.4 cm³/mol. The first kappa shape index (κ1) is 14.1. The van der Waals surface area contributed by atoms with Crippen LogP contribution in [0.3, 0.4) is 0 Å². The average Bonchev–Trinajstić information content (AvgIpc) is 2.83. The number of nitro groups is 1. The van der Waals surface area contributed by atoms with Crippen molar-refractivity contribution in [2.24, 2.45) is 0 Å². The van der Waals surface area contributed by atoms with Gasteiger partial charge in [0.05, 0.1) is 22.2 Å². The number of rotatable bonds is 5. The number of non-ortho nitro benzene ring substituents is 1. The van der Waals surface area contributed by atoms with Gasteiger partial charge in [0.2, 0.25) is 0 Å². The lowest BCUT2D eigenvalue weighted by molar-refractivity contribution is -0.384. The van der Waals surface area contributed by atoms with E-state index in [1.807, 2.05) is 24.3 Å². The number of nitrogens with zero attached hydrogens (tertiary/aromatic N) is 3. The van der Waals surface area contributed by atoms with Crippen LogP contribution in [0.15, 0.2) is 23.6 Å². The van der Waals surface area contributed by atoms with Crippen molar-refractivity contribution in [3.63, 3.8) is 0 Å². The van der Waals surface area contributed by atoms with Gasteiger partial charge in [-0.2, -0.15) is 0 Å². The molecule has 0 aliphatic heterocycles. The average molecular weight is 291 g/mol. The van der Waals surface area contributed by atoms with Crippen molar-refractivity contribution in [3.05, 3.63) is 50.0 Å². The third kappa shape index (κ3) is 3.00. The number of aryl methyl sites for hydroxylation is 1. The number of aromatic nitrogens is 1. The van der Waals surface area contributed by atoms with Gasteiger partial charge >= 0.3 is 0 Å². The van der Waals surface area contributed by atoms with Gasteiger partial charge in [0.15, 0.2) is 6.29 Å². The molecular formula is C13H13N3O3S. The predicted octanol–water partition coefficient (Wildman–Crippen LogP) is 2.81. The number of hydrogen-bond donors (Lipinski definition) is 0. The van der Waals surface area contributed by atoms with E-state index in [-0.39, 0.29) is 5.69 Å². The molecule has 0 saturated heterocycles. The first-order valence-corrected chi connectivity index (χ1v) is 6.75. The van der Waals surface area contributed by atoms with E-state index >= 15 is 0 Å². The largest absolute Gasteiger partial charge is 0.368 e. The Labute approximate surface area is 119 Å². The summed E-state index contributed by atoms with van der Waals surface area (Å²) in [6, 6.07) is 4.26. The second kappa shape index (κ2) is 5.79. The van der Waals surface area contributed by atoms with Crippen LogP contribution in [0.4, 0.5) is 11.4 Å². The Bertz CT molecular complexity index is 654. The van der Waals surface area contributed by atoms with E-state index in [2.05, 4.69) is 4.98 Å². The molecule has 0 aliphatic rings. The van der Waals surface area contributed by atoms with E-state index in [9.17, 15) is 14.9 Å². The molecule has 1 aromatic carbocycles. The van der Waals surface area contributed by atoms with Crippen LogP contribution in [0.25, 0.3) is 0 Å². The maximum Gasteiger partial charge on any atom is 0.270 e. The van der Waals surface area contributed by atoms with Crippen LogP contribution in [0.5, 0.6) is 0 Å². The van der Waals surface area contributed by atoms with Crippen molar-refractivity contribution >= 4 is 29.0 Å². The summed E-state index contributed by atoms with van der Waals surface area (Å²) in [7, 11) is 1.82. The quantitative estimate of drug-likeness (QED) is 0.481. The topological polar surface area (TPSA) is 76.3 Å². The molecule has 1 heterocycles. The molecule has 7 heteroatoms. The zero-order valence-electron chi connectivity index (χ0n) is 11.1. The van der Waals surface area contributed by atoms with Crippen molar-refractivity contribution in [1.29, 1.82) is 0 Å². The summed E-state index contributed by atoms with van der Waals surface area (Å²) < 4.78 is 0. The number of hydrogen-bond acceptors (Lipinski definition) is 6. The van der Waals surface area contributed by atoms with Crippen molar-refractivity contribution in [1.82, 2.24) is 4.98 Å². The normalized spacial score (nSPS) is 10.3. The highest BCUT2D eigenvalue weighted by molar-refractivity contribution is 7.09. The smallest absolute Gasteiger partial charge is 0.270 e. The molecule has 0 bridgehead atoms. The molecule has 0 N–H and O–H groups in total. The molecule has 0 radical (unpaired) electrons. The number of thiazole rings is 1.